The van der Waals surface area contributed by atoms with Crippen LogP contribution in [0.4, 0.5) is 0 Å². The SMILES string of the molecule is CC(N=Cc1ccc2ccccc2c1)C(=O)OC(C)(C)C. The second-order valence-electron chi connectivity index (χ2n) is 6.09. The van der Waals surface area contributed by atoms with Crippen LogP contribution in [0.25, 0.3) is 10.8 Å². The Balaban J connectivity index is 2.10. The first-order valence-corrected chi connectivity index (χ1v) is 7.10. The van der Waals surface area contributed by atoms with Crippen LogP contribution in [0.5, 0.6) is 0 Å². The summed E-state index contributed by atoms with van der Waals surface area (Å²) in [5.74, 6) is -0.306. The van der Waals surface area contributed by atoms with Crippen LogP contribution < -0.4 is 0 Å². The molecule has 0 aliphatic carbocycles. The van der Waals surface area contributed by atoms with Crippen molar-refractivity contribution in [2.75, 3.05) is 0 Å². The van der Waals surface area contributed by atoms with Crippen molar-refractivity contribution in [3.8, 4) is 0 Å². The minimum absolute atomic E-state index is 0.306. The highest BCUT2D eigenvalue weighted by Crippen LogP contribution is 2.15. The molecule has 2 rings (SSSR count). The average Bonchev–Trinajstić information content (AvgIpc) is 2.42. The Hall–Kier alpha value is -2.16. The molecule has 0 fully saturated rings. The number of hydrogen-bond acceptors (Lipinski definition) is 3. The molecular weight excluding hydrogens is 262 g/mol. The van der Waals surface area contributed by atoms with E-state index in [1.807, 2.05) is 39.0 Å². The van der Waals surface area contributed by atoms with Gasteiger partial charge in [0, 0.05) is 6.21 Å². The molecule has 21 heavy (non-hydrogen) atoms. The lowest BCUT2D eigenvalue weighted by Gasteiger charge is -2.20. The third kappa shape index (κ3) is 4.42. The van der Waals surface area contributed by atoms with E-state index in [2.05, 4.69) is 29.3 Å². The topological polar surface area (TPSA) is 38.7 Å². The standard InChI is InChI=1S/C18H21NO2/c1-13(17(20)21-18(2,3)4)19-12-14-9-10-15-7-5-6-8-16(15)11-14/h5-13H,1-4H3. The van der Waals surface area contributed by atoms with E-state index in [1.165, 1.54) is 5.39 Å². The minimum Gasteiger partial charge on any atom is -0.458 e. The first kappa shape index (κ1) is 15.2. The van der Waals surface area contributed by atoms with Crippen molar-refractivity contribution in [1.82, 2.24) is 0 Å². The predicted octanol–water partition coefficient (Wildman–Crippen LogP) is 3.99. The molecule has 0 N–H and O–H groups in total. The van der Waals surface area contributed by atoms with E-state index < -0.39 is 11.6 Å². The van der Waals surface area contributed by atoms with E-state index in [0.717, 1.165) is 10.9 Å². The summed E-state index contributed by atoms with van der Waals surface area (Å²) in [4.78, 5) is 16.1. The fourth-order valence-electron chi connectivity index (χ4n) is 1.93. The number of benzene rings is 2. The number of carbonyl (C=O) groups is 1. The van der Waals surface area contributed by atoms with Crippen molar-refractivity contribution in [2.24, 2.45) is 4.99 Å². The minimum atomic E-state index is -0.504. The van der Waals surface area contributed by atoms with Crippen LogP contribution in [0.15, 0.2) is 47.5 Å². The summed E-state index contributed by atoms with van der Waals surface area (Å²) in [5, 5.41) is 2.35. The van der Waals surface area contributed by atoms with E-state index in [0.29, 0.717) is 0 Å². The van der Waals surface area contributed by atoms with E-state index in [1.54, 1.807) is 13.1 Å². The zero-order chi connectivity index (χ0) is 15.5. The average molecular weight is 283 g/mol. The molecule has 2 aromatic carbocycles. The highest BCUT2D eigenvalue weighted by molar-refractivity contribution is 5.91. The van der Waals surface area contributed by atoms with E-state index >= 15 is 0 Å². The molecule has 110 valence electrons. The summed E-state index contributed by atoms with van der Waals surface area (Å²) in [5.41, 5.74) is 0.494. The Morgan fingerprint density at radius 1 is 1.14 bits per heavy atom. The van der Waals surface area contributed by atoms with Gasteiger partial charge in [0.1, 0.15) is 11.6 Å². The van der Waals surface area contributed by atoms with Gasteiger partial charge in [-0.2, -0.15) is 0 Å². The number of carbonyl (C=O) groups excluding carboxylic acids is 1. The van der Waals surface area contributed by atoms with Gasteiger partial charge >= 0.3 is 5.97 Å². The van der Waals surface area contributed by atoms with Crippen molar-refractivity contribution in [3.05, 3.63) is 48.0 Å². The van der Waals surface area contributed by atoms with Crippen molar-refractivity contribution >= 4 is 23.0 Å². The maximum absolute atomic E-state index is 11.9. The summed E-state index contributed by atoms with van der Waals surface area (Å²) in [6.07, 6.45) is 1.72. The molecule has 1 unspecified atom stereocenters. The quantitative estimate of drug-likeness (QED) is 0.631. The lowest BCUT2D eigenvalue weighted by atomic mass is 10.1. The Labute approximate surface area is 125 Å². The first-order valence-electron chi connectivity index (χ1n) is 7.10. The maximum Gasteiger partial charge on any atom is 0.331 e. The second-order valence-corrected chi connectivity index (χ2v) is 6.09. The molecular formula is C18H21NO2. The molecule has 0 aromatic heterocycles. The zero-order valence-corrected chi connectivity index (χ0v) is 13.0. The number of fused-ring (bicyclic) bond motifs is 1. The van der Waals surface area contributed by atoms with Gasteiger partial charge in [0.25, 0.3) is 0 Å². The van der Waals surface area contributed by atoms with Crippen LogP contribution in [0, 0.1) is 0 Å². The Morgan fingerprint density at radius 3 is 2.48 bits per heavy atom. The fraction of sp³-hybridized carbons (Fsp3) is 0.333. The lowest BCUT2D eigenvalue weighted by Crippen LogP contribution is -2.29. The van der Waals surface area contributed by atoms with Crippen LogP contribution in [0.3, 0.4) is 0 Å². The van der Waals surface area contributed by atoms with E-state index in [-0.39, 0.29) is 5.97 Å². The van der Waals surface area contributed by atoms with Gasteiger partial charge in [-0.05, 0) is 50.1 Å². The molecule has 0 amide bonds. The summed E-state index contributed by atoms with van der Waals surface area (Å²) in [7, 11) is 0. The molecule has 1 atom stereocenters. The molecule has 0 spiro atoms. The van der Waals surface area contributed by atoms with Gasteiger partial charge in [-0.3, -0.25) is 4.99 Å². The Morgan fingerprint density at radius 2 is 1.81 bits per heavy atom. The van der Waals surface area contributed by atoms with E-state index in [9.17, 15) is 4.79 Å². The first-order chi connectivity index (χ1) is 9.85. The second kappa shape index (κ2) is 6.08. The predicted molar refractivity (Wildman–Crippen MR) is 86.8 cm³/mol. The lowest BCUT2D eigenvalue weighted by molar-refractivity contribution is -0.155. The smallest absolute Gasteiger partial charge is 0.331 e. The van der Waals surface area contributed by atoms with E-state index in [4.69, 9.17) is 4.74 Å². The fourth-order valence-corrected chi connectivity index (χ4v) is 1.93. The summed E-state index contributed by atoms with van der Waals surface area (Å²) >= 11 is 0. The summed E-state index contributed by atoms with van der Waals surface area (Å²) < 4.78 is 5.31. The Kier molecular flexibility index (Phi) is 4.41. The van der Waals surface area contributed by atoms with Crippen LogP contribution in [-0.2, 0) is 9.53 Å². The van der Waals surface area contributed by atoms with Gasteiger partial charge in [0.05, 0.1) is 0 Å². The summed E-state index contributed by atoms with van der Waals surface area (Å²) in [6, 6.07) is 13.7. The molecule has 0 radical (unpaired) electrons. The van der Waals surface area contributed by atoms with Gasteiger partial charge in [-0.25, -0.2) is 4.79 Å². The molecule has 0 aliphatic heterocycles. The van der Waals surface area contributed by atoms with Crippen LogP contribution >= 0.6 is 0 Å². The molecule has 2 aromatic rings. The maximum atomic E-state index is 11.9. The van der Waals surface area contributed by atoms with Crippen molar-refractivity contribution in [1.29, 1.82) is 0 Å². The molecule has 0 saturated carbocycles. The molecule has 0 heterocycles. The van der Waals surface area contributed by atoms with Crippen LogP contribution in [0.1, 0.15) is 33.3 Å². The summed E-state index contributed by atoms with van der Waals surface area (Å²) in [6.45, 7) is 7.30. The van der Waals surface area contributed by atoms with Crippen molar-refractivity contribution in [2.45, 2.75) is 39.3 Å². The zero-order valence-electron chi connectivity index (χ0n) is 13.0. The number of aliphatic imine (C=N–C) groups is 1. The largest absolute Gasteiger partial charge is 0.458 e. The molecule has 0 saturated heterocycles. The number of nitrogens with zero attached hydrogens (tertiary/aromatic N) is 1. The van der Waals surface area contributed by atoms with Gasteiger partial charge in [-0.1, -0.05) is 36.4 Å². The highest BCUT2D eigenvalue weighted by Gasteiger charge is 2.20. The molecule has 3 nitrogen and oxygen atoms in total. The molecule has 3 heteroatoms. The van der Waals surface area contributed by atoms with Gasteiger partial charge < -0.3 is 4.74 Å². The molecule has 0 bridgehead atoms. The molecule has 0 aliphatic rings. The van der Waals surface area contributed by atoms with Crippen molar-refractivity contribution < 1.29 is 9.53 Å². The Bertz CT molecular complexity index is 668. The normalized spacial score (nSPS) is 13.5. The monoisotopic (exact) mass is 283 g/mol. The third-order valence-corrected chi connectivity index (χ3v) is 2.97. The van der Waals surface area contributed by atoms with Crippen LogP contribution in [-0.4, -0.2) is 23.8 Å². The van der Waals surface area contributed by atoms with Gasteiger partial charge in [0.2, 0.25) is 0 Å². The number of esters is 1. The van der Waals surface area contributed by atoms with Gasteiger partial charge in [-0.15, -0.1) is 0 Å². The number of ether oxygens (including phenoxy) is 1. The van der Waals surface area contributed by atoms with Crippen LogP contribution in [0.2, 0.25) is 0 Å². The number of hydrogen-bond donors (Lipinski definition) is 0. The van der Waals surface area contributed by atoms with Crippen molar-refractivity contribution in [3.63, 3.8) is 0 Å². The third-order valence-electron chi connectivity index (χ3n) is 2.97. The van der Waals surface area contributed by atoms with Gasteiger partial charge in [0.15, 0.2) is 0 Å². The number of rotatable bonds is 3. The highest BCUT2D eigenvalue weighted by atomic mass is 16.6.